The Bertz CT molecular complexity index is 499. The number of hydrogen-bond donors (Lipinski definition) is 2. The molecular weight excluding hydrogens is 330 g/mol. The molecule has 0 radical (unpaired) electrons. The van der Waals surface area contributed by atoms with Crippen LogP contribution in [0.2, 0.25) is 0 Å². The molecule has 1 atom stereocenters. The molecule has 0 amide bonds. The van der Waals surface area contributed by atoms with Gasteiger partial charge in [0.2, 0.25) is 0 Å². The van der Waals surface area contributed by atoms with Gasteiger partial charge in [0.15, 0.2) is 0 Å². The normalized spacial score (nSPS) is 12.4. The molecule has 2 nitrogen and oxygen atoms in total. The molecule has 3 N–H and O–H groups in total. The summed E-state index contributed by atoms with van der Waals surface area (Å²) >= 11 is 2.25. The van der Waals surface area contributed by atoms with Crippen LogP contribution >= 0.6 is 22.6 Å². The lowest BCUT2D eigenvalue weighted by molar-refractivity contribution is 0.615. The minimum absolute atomic E-state index is 0.120. The van der Waals surface area contributed by atoms with E-state index in [2.05, 4.69) is 34.1 Å². The Balaban J connectivity index is 2.36. The van der Waals surface area contributed by atoms with Crippen LogP contribution in [0.15, 0.2) is 48.5 Å². The lowest BCUT2D eigenvalue weighted by Crippen LogP contribution is -2.28. The van der Waals surface area contributed by atoms with Crippen molar-refractivity contribution < 1.29 is 4.39 Å². The standard InChI is InChI=1S/C13H12FIN2/c14-11-6-4-9(5-7-11)13(17-16)10-2-1-3-12(15)8-10/h1-8,13,17H,16H2. The van der Waals surface area contributed by atoms with Crippen molar-refractivity contribution in [3.63, 3.8) is 0 Å². The van der Waals surface area contributed by atoms with Gasteiger partial charge in [-0.15, -0.1) is 0 Å². The summed E-state index contributed by atoms with van der Waals surface area (Å²) in [5.74, 6) is 5.34. The number of hydrogen-bond acceptors (Lipinski definition) is 2. The number of rotatable bonds is 3. The third kappa shape index (κ3) is 3.02. The second kappa shape index (κ2) is 5.57. The fraction of sp³-hybridized carbons (Fsp3) is 0.0769. The van der Waals surface area contributed by atoms with E-state index in [1.54, 1.807) is 12.1 Å². The van der Waals surface area contributed by atoms with Crippen molar-refractivity contribution in [2.45, 2.75) is 6.04 Å². The molecule has 0 spiro atoms. The van der Waals surface area contributed by atoms with Gasteiger partial charge in [-0.05, 0) is 58.0 Å². The van der Waals surface area contributed by atoms with Gasteiger partial charge in [0.05, 0.1) is 6.04 Å². The summed E-state index contributed by atoms with van der Waals surface area (Å²) in [7, 11) is 0. The van der Waals surface area contributed by atoms with Crippen molar-refractivity contribution in [3.8, 4) is 0 Å². The van der Waals surface area contributed by atoms with Crippen molar-refractivity contribution in [2.24, 2.45) is 5.84 Å². The topological polar surface area (TPSA) is 38.0 Å². The Hall–Kier alpha value is -0.980. The maximum atomic E-state index is 12.9. The molecule has 0 aliphatic heterocycles. The van der Waals surface area contributed by atoms with Gasteiger partial charge < -0.3 is 0 Å². The summed E-state index contributed by atoms with van der Waals surface area (Å²) in [6.45, 7) is 0. The first kappa shape index (κ1) is 12.5. The van der Waals surface area contributed by atoms with Gasteiger partial charge in [-0.3, -0.25) is 5.84 Å². The molecule has 17 heavy (non-hydrogen) atoms. The van der Waals surface area contributed by atoms with Crippen LogP contribution in [-0.2, 0) is 0 Å². The monoisotopic (exact) mass is 342 g/mol. The van der Waals surface area contributed by atoms with Crippen LogP contribution < -0.4 is 11.3 Å². The summed E-state index contributed by atoms with van der Waals surface area (Å²) < 4.78 is 14.0. The SMILES string of the molecule is NNC(c1ccc(F)cc1)c1cccc(I)c1. The molecule has 0 aliphatic carbocycles. The van der Waals surface area contributed by atoms with E-state index in [9.17, 15) is 4.39 Å². The first-order chi connectivity index (χ1) is 8.20. The fourth-order valence-corrected chi connectivity index (χ4v) is 2.29. The molecule has 2 rings (SSSR count). The van der Waals surface area contributed by atoms with E-state index in [4.69, 9.17) is 5.84 Å². The Morgan fingerprint density at radius 1 is 1.06 bits per heavy atom. The van der Waals surface area contributed by atoms with Crippen molar-refractivity contribution in [1.82, 2.24) is 5.43 Å². The number of nitrogens with one attached hydrogen (secondary N) is 1. The minimum Gasteiger partial charge on any atom is -0.271 e. The molecule has 1 unspecified atom stereocenters. The maximum Gasteiger partial charge on any atom is 0.123 e. The highest BCUT2D eigenvalue weighted by molar-refractivity contribution is 14.1. The van der Waals surface area contributed by atoms with Crippen LogP contribution in [0, 0.1) is 9.39 Å². The quantitative estimate of drug-likeness (QED) is 0.511. The zero-order valence-electron chi connectivity index (χ0n) is 9.03. The molecule has 0 saturated carbocycles. The van der Waals surface area contributed by atoms with Gasteiger partial charge in [-0.2, -0.15) is 0 Å². The van der Waals surface area contributed by atoms with Crippen LogP contribution in [0.4, 0.5) is 4.39 Å². The van der Waals surface area contributed by atoms with E-state index < -0.39 is 0 Å². The maximum absolute atomic E-state index is 12.9. The van der Waals surface area contributed by atoms with Gasteiger partial charge >= 0.3 is 0 Å². The van der Waals surface area contributed by atoms with Crippen LogP contribution in [0.25, 0.3) is 0 Å². The van der Waals surface area contributed by atoms with Crippen molar-refractivity contribution in [1.29, 1.82) is 0 Å². The third-order valence-corrected chi connectivity index (χ3v) is 3.22. The highest BCUT2D eigenvalue weighted by Crippen LogP contribution is 2.22. The zero-order chi connectivity index (χ0) is 12.3. The van der Waals surface area contributed by atoms with Gasteiger partial charge in [-0.25, -0.2) is 9.82 Å². The van der Waals surface area contributed by atoms with E-state index in [-0.39, 0.29) is 11.9 Å². The molecule has 0 heterocycles. The van der Waals surface area contributed by atoms with Gasteiger partial charge in [0.1, 0.15) is 5.82 Å². The lowest BCUT2D eigenvalue weighted by Gasteiger charge is -2.17. The largest absolute Gasteiger partial charge is 0.271 e. The highest BCUT2D eigenvalue weighted by atomic mass is 127. The number of hydrazine groups is 1. The van der Waals surface area contributed by atoms with Gasteiger partial charge in [-0.1, -0.05) is 24.3 Å². The van der Waals surface area contributed by atoms with Crippen LogP contribution in [0.5, 0.6) is 0 Å². The minimum atomic E-state index is -0.243. The predicted molar refractivity (Wildman–Crippen MR) is 74.7 cm³/mol. The molecule has 0 aliphatic rings. The molecule has 0 fully saturated rings. The van der Waals surface area contributed by atoms with E-state index in [0.717, 1.165) is 14.7 Å². The molecule has 2 aromatic rings. The van der Waals surface area contributed by atoms with Gasteiger partial charge in [0.25, 0.3) is 0 Å². The van der Waals surface area contributed by atoms with E-state index in [1.165, 1.54) is 12.1 Å². The number of halogens is 2. The average molecular weight is 342 g/mol. The fourth-order valence-electron chi connectivity index (χ4n) is 1.73. The van der Waals surface area contributed by atoms with E-state index in [1.807, 2.05) is 18.2 Å². The second-order valence-electron chi connectivity index (χ2n) is 3.71. The van der Waals surface area contributed by atoms with Crippen LogP contribution in [0.3, 0.4) is 0 Å². The molecule has 0 bridgehead atoms. The lowest BCUT2D eigenvalue weighted by atomic mass is 9.99. The molecule has 2 aromatic carbocycles. The summed E-state index contributed by atoms with van der Waals surface area (Å²) in [6, 6.07) is 14.3. The van der Waals surface area contributed by atoms with Gasteiger partial charge in [0, 0.05) is 3.57 Å². The summed E-state index contributed by atoms with van der Waals surface area (Å²) in [6.07, 6.45) is 0. The highest BCUT2D eigenvalue weighted by Gasteiger charge is 2.12. The average Bonchev–Trinajstić information content (AvgIpc) is 2.33. The number of benzene rings is 2. The van der Waals surface area contributed by atoms with Crippen LogP contribution in [0.1, 0.15) is 17.2 Å². The van der Waals surface area contributed by atoms with E-state index >= 15 is 0 Å². The first-order valence-corrected chi connectivity index (χ1v) is 6.25. The summed E-state index contributed by atoms with van der Waals surface area (Å²) in [5.41, 5.74) is 4.76. The second-order valence-corrected chi connectivity index (χ2v) is 4.95. The Labute approximate surface area is 113 Å². The van der Waals surface area contributed by atoms with Crippen LogP contribution in [-0.4, -0.2) is 0 Å². The summed E-state index contributed by atoms with van der Waals surface area (Å²) in [5, 5.41) is 0. The molecule has 0 aromatic heterocycles. The number of nitrogens with two attached hydrogens (primary N) is 1. The molecular formula is C13H12FIN2. The summed E-state index contributed by atoms with van der Waals surface area (Å²) in [4.78, 5) is 0. The molecule has 4 heteroatoms. The molecule has 0 saturated heterocycles. The van der Waals surface area contributed by atoms with E-state index in [0.29, 0.717) is 0 Å². The Morgan fingerprint density at radius 3 is 2.35 bits per heavy atom. The zero-order valence-corrected chi connectivity index (χ0v) is 11.2. The first-order valence-electron chi connectivity index (χ1n) is 5.18. The Morgan fingerprint density at radius 2 is 1.76 bits per heavy atom. The molecule has 88 valence electrons. The smallest absolute Gasteiger partial charge is 0.123 e. The van der Waals surface area contributed by atoms with Crippen molar-refractivity contribution >= 4 is 22.6 Å². The predicted octanol–water partition coefficient (Wildman–Crippen LogP) is 2.98. The third-order valence-electron chi connectivity index (χ3n) is 2.55. The van der Waals surface area contributed by atoms with Crippen molar-refractivity contribution in [2.75, 3.05) is 0 Å². The Kier molecular flexibility index (Phi) is 4.09. The van der Waals surface area contributed by atoms with Crippen molar-refractivity contribution in [3.05, 3.63) is 69.0 Å².